The first kappa shape index (κ1) is 17.5. The molecule has 1 aliphatic heterocycles. The summed E-state index contributed by atoms with van der Waals surface area (Å²) in [7, 11) is 0. The van der Waals surface area contributed by atoms with Gasteiger partial charge in [-0.15, -0.1) is 0 Å². The zero-order valence-corrected chi connectivity index (χ0v) is 14.1. The monoisotopic (exact) mass is 353 g/mol. The van der Waals surface area contributed by atoms with Crippen molar-refractivity contribution < 1.29 is 23.5 Å². The van der Waals surface area contributed by atoms with Gasteiger partial charge in [0, 0.05) is 12.0 Å². The Hall–Kier alpha value is -3.28. The van der Waals surface area contributed by atoms with Gasteiger partial charge in [0.1, 0.15) is 11.6 Å². The summed E-state index contributed by atoms with van der Waals surface area (Å²) >= 11 is 0. The summed E-state index contributed by atoms with van der Waals surface area (Å²) in [6.45, 7) is 1.90. The Kier molecular flexibility index (Phi) is 5.22. The van der Waals surface area contributed by atoms with E-state index in [1.54, 1.807) is 36.4 Å². The number of nitrogens with zero attached hydrogens (tertiary/aromatic N) is 1. The molecule has 0 unspecified atom stereocenters. The lowest BCUT2D eigenvalue weighted by Gasteiger charge is -2.03. The Morgan fingerprint density at radius 3 is 2.69 bits per heavy atom. The van der Waals surface area contributed by atoms with E-state index in [9.17, 15) is 14.0 Å². The van der Waals surface area contributed by atoms with Crippen LogP contribution in [0.3, 0.4) is 0 Å². The summed E-state index contributed by atoms with van der Waals surface area (Å²) in [5.41, 5.74) is 1.19. The second-order valence-electron chi connectivity index (χ2n) is 5.64. The van der Waals surface area contributed by atoms with Crippen molar-refractivity contribution in [1.29, 1.82) is 0 Å². The molecule has 1 heterocycles. The van der Waals surface area contributed by atoms with Gasteiger partial charge in [0.25, 0.3) is 0 Å². The van der Waals surface area contributed by atoms with E-state index in [0.717, 1.165) is 6.42 Å². The molecule has 0 bridgehead atoms. The maximum atomic E-state index is 13.3. The van der Waals surface area contributed by atoms with Gasteiger partial charge in [0.15, 0.2) is 5.70 Å². The number of halogens is 1. The van der Waals surface area contributed by atoms with Crippen LogP contribution in [0.1, 0.15) is 30.9 Å². The van der Waals surface area contributed by atoms with Crippen LogP contribution in [0.5, 0.6) is 5.75 Å². The van der Waals surface area contributed by atoms with Crippen LogP contribution >= 0.6 is 0 Å². The highest BCUT2D eigenvalue weighted by molar-refractivity contribution is 6.12. The Bertz CT molecular complexity index is 900. The van der Waals surface area contributed by atoms with Crippen molar-refractivity contribution in [3.8, 4) is 5.75 Å². The number of benzene rings is 2. The number of rotatable bonds is 5. The van der Waals surface area contributed by atoms with Crippen molar-refractivity contribution in [2.75, 3.05) is 0 Å². The number of ether oxygens (including phenoxy) is 2. The summed E-state index contributed by atoms with van der Waals surface area (Å²) in [5.74, 6) is -0.841. The molecule has 1 aliphatic rings. The summed E-state index contributed by atoms with van der Waals surface area (Å²) in [5, 5.41) is 0. The second kappa shape index (κ2) is 7.74. The van der Waals surface area contributed by atoms with E-state index >= 15 is 0 Å². The standard InChI is InChI=1S/C20H16FNO4/c1-2-4-18(23)25-16-9-7-13(8-10-16)11-17-20(24)26-19(22-17)14-5-3-6-15(21)12-14/h3,5-12H,2,4H2,1H3/b17-11-. The second-order valence-corrected chi connectivity index (χ2v) is 5.64. The minimum Gasteiger partial charge on any atom is -0.427 e. The fourth-order valence-corrected chi connectivity index (χ4v) is 2.33. The van der Waals surface area contributed by atoms with Crippen LogP contribution in [0.2, 0.25) is 0 Å². The fourth-order valence-electron chi connectivity index (χ4n) is 2.33. The van der Waals surface area contributed by atoms with Gasteiger partial charge < -0.3 is 9.47 Å². The normalized spacial score (nSPS) is 14.9. The number of carbonyl (C=O) groups excluding carboxylic acids is 2. The van der Waals surface area contributed by atoms with Crippen LogP contribution in [0.25, 0.3) is 6.08 Å². The average Bonchev–Trinajstić information content (AvgIpc) is 2.98. The maximum absolute atomic E-state index is 13.3. The Labute approximate surface area is 149 Å². The average molecular weight is 353 g/mol. The molecule has 0 aromatic heterocycles. The van der Waals surface area contributed by atoms with Crippen molar-refractivity contribution in [2.24, 2.45) is 4.99 Å². The van der Waals surface area contributed by atoms with E-state index in [0.29, 0.717) is 23.3 Å². The Morgan fingerprint density at radius 1 is 1.23 bits per heavy atom. The smallest absolute Gasteiger partial charge is 0.363 e. The Balaban J connectivity index is 1.77. The van der Waals surface area contributed by atoms with E-state index < -0.39 is 11.8 Å². The van der Waals surface area contributed by atoms with Crippen molar-refractivity contribution in [3.63, 3.8) is 0 Å². The molecule has 26 heavy (non-hydrogen) atoms. The van der Waals surface area contributed by atoms with Gasteiger partial charge in [0.2, 0.25) is 5.90 Å². The molecular formula is C20H16FNO4. The van der Waals surface area contributed by atoms with Gasteiger partial charge in [-0.05, 0) is 48.4 Å². The highest BCUT2D eigenvalue weighted by atomic mass is 19.1. The third-order valence-electron chi connectivity index (χ3n) is 3.56. The maximum Gasteiger partial charge on any atom is 0.363 e. The largest absolute Gasteiger partial charge is 0.427 e. The number of esters is 2. The zero-order valence-electron chi connectivity index (χ0n) is 14.1. The molecule has 2 aromatic carbocycles. The first-order valence-corrected chi connectivity index (χ1v) is 8.14. The van der Waals surface area contributed by atoms with E-state index in [1.807, 2.05) is 6.92 Å². The molecule has 0 aliphatic carbocycles. The first-order valence-electron chi connectivity index (χ1n) is 8.14. The minimum atomic E-state index is -0.609. The van der Waals surface area contributed by atoms with Gasteiger partial charge >= 0.3 is 11.9 Å². The molecular weight excluding hydrogens is 337 g/mol. The lowest BCUT2D eigenvalue weighted by Crippen LogP contribution is -2.06. The van der Waals surface area contributed by atoms with Crippen LogP contribution in [0, 0.1) is 5.82 Å². The molecule has 0 spiro atoms. The number of hydrogen-bond donors (Lipinski definition) is 0. The third kappa shape index (κ3) is 4.22. The van der Waals surface area contributed by atoms with Crippen LogP contribution in [-0.4, -0.2) is 17.8 Å². The van der Waals surface area contributed by atoms with Crippen molar-refractivity contribution >= 4 is 23.9 Å². The van der Waals surface area contributed by atoms with Crippen LogP contribution in [0.4, 0.5) is 4.39 Å². The van der Waals surface area contributed by atoms with Crippen molar-refractivity contribution in [1.82, 2.24) is 0 Å². The van der Waals surface area contributed by atoms with Gasteiger partial charge in [-0.25, -0.2) is 14.2 Å². The van der Waals surface area contributed by atoms with E-state index in [-0.39, 0.29) is 17.6 Å². The van der Waals surface area contributed by atoms with Crippen LogP contribution in [-0.2, 0) is 14.3 Å². The molecule has 0 saturated carbocycles. The summed E-state index contributed by atoms with van der Waals surface area (Å²) < 4.78 is 23.6. The Morgan fingerprint density at radius 2 is 2.00 bits per heavy atom. The highest BCUT2D eigenvalue weighted by Gasteiger charge is 2.24. The predicted octanol–water partition coefficient (Wildman–Crippen LogP) is 3.88. The molecule has 3 rings (SSSR count). The number of carbonyl (C=O) groups is 2. The molecule has 0 fully saturated rings. The summed E-state index contributed by atoms with van der Waals surface area (Å²) in [6, 6.07) is 12.3. The topological polar surface area (TPSA) is 65.0 Å². The van der Waals surface area contributed by atoms with Gasteiger partial charge in [-0.3, -0.25) is 4.79 Å². The SMILES string of the molecule is CCCC(=O)Oc1ccc(/C=C2\N=C(c3cccc(F)c3)OC2=O)cc1. The number of cyclic esters (lactones) is 1. The molecule has 6 heteroatoms. The predicted molar refractivity (Wildman–Crippen MR) is 94.0 cm³/mol. The van der Waals surface area contributed by atoms with Gasteiger partial charge in [-0.2, -0.15) is 0 Å². The third-order valence-corrected chi connectivity index (χ3v) is 3.56. The van der Waals surface area contributed by atoms with Crippen molar-refractivity contribution in [3.05, 3.63) is 71.2 Å². The molecule has 0 saturated heterocycles. The molecule has 2 aromatic rings. The lowest BCUT2D eigenvalue weighted by molar-refractivity contribution is -0.134. The molecule has 0 amide bonds. The molecule has 132 valence electrons. The van der Waals surface area contributed by atoms with Gasteiger partial charge in [-0.1, -0.05) is 25.1 Å². The van der Waals surface area contributed by atoms with Crippen molar-refractivity contribution in [2.45, 2.75) is 19.8 Å². The van der Waals surface area contributed by atoms with E-state index in [2.05, 4.69) is 4.99 Å². The van der Waals surface area contributed by atoms with E-state index in [1.165, 1.54) is 18.2 Å². The highest BCUT2D eigenvalue weighted by Crippen LogP contribution is 2.21. The lowest BCUT2D eigenvalue weighted by atomic mass is 10.2. The number of aliphatic imine (C=N–C) groups is 1. The van der Waals surface area contributed by atoms with E-state index in [4.69, 9.17) is 9.47 Å². The molecule has 0 radical (unpaired) electrons. The molecule has 0 N–H and O–H groups in total. The zero-order chi connectivity index (χ0) is 18.5. The molecule has 0 atom stereocenters. The summed E-state index contributed by atoms with van der Waals surface area (Å²) in [4.78, 5) is 27.6. The number of hydrogen-bond acceptors (Lipinski definition) is 5. The first-order chi connectivity index (χ1) is 12.5. The van der Waals surface area contributed by atoms with Crippen LogP contribution < -0.4 is 4.74 Å². The summed E-state index contributed by atoms with van der Waals surface area (Å²) in [6.07, 6.45) is 2.62. The fraction of sp³-hybridized carbons (Fsp3) is 0.150. The van der Waals surface area contributed by atoms with Gasteiger partial charge in [0.05, 0.1) is 0 Å². The molecule has 5 nitrogen and oxygen atoms in total. The minimum absolute atomic E-state index is 0.0610. The quantitative estimate of drug-likeness (QED) is 0.465. The van der Waals surface area contributed by atoms with Crippen LogP contribution in [0.15, 0.2) is 59.2 Å².